The van der Waals surface area contributed by atoms with Crippen molar-refractivity contribution in [3.05, 3.63) is 41.5 Å². The van der Waals surface area contributed by atoms with Crippen LogP contribution in [0, 0.1) is 5.92 Å². The summed E-state index contributed by atoms with van der Waals surface area (Å²) in [7, 11) is -3.90. The van der Waals surface area contributed by atoms with Gasteiger partial charge in [-0.1, -0.05) is 25.1 Å². The molecule has 31 heavy (non-hydrogen) atoms. The molecule has 0 spiro atoms. The fourth-order valence-corrected chi connectivity index (χ4v) is 4.83. The first-order valence-corrected chi connectivity index (χ1v) is 11.7. The van der Waals surface area contributed by atoms with Crippen LogP contribution in [0.5, 0.6) is 0 Å². The van der Waals surface area contributed by atoms with Crippen LogP contribution in [0.4, 0.5) is 0 Å². The molecule has 1 aliphatic heterocycles. The molecule has 0 radical (unpaired) electrons. The largest absolute Gasteiger partial charge is 0.354 e. The molecule has 10 nitrogen and oxygen atoms in total. The van der Waals surface area contributed by atoms with E-state index in [1.165, 1.54) is 24.3 Å². The molecule has 1 saturated carbocycles. The summed E-state index contributed by atoms with van der Waals surface area (Å²) in [5.74, 6) is 0.517. The van der Waals surface area contributed by atoms with Crippen molar-refractivity contribution < 1.29 is 22.5 Å². The van der Waals surface area contributed by atoms with Crippen molar-refractivity contribution in [2.24, 2.45) is 5.92 Å². The van der Waals surface area contributed by atoms with Gasteiger partial charge in [-0.25, -0.2) is 8.42 Å². The Kier molecular flexibility index (Phi) is 5.80. The van der Waals surface area contributed by atoms with Gasteiger partial charge in [0, 0.05) is 24.6 Å². The molecule has 0 bridgehead atoms. The minimum atomic E-state index is -3.90. The van der Waals surface area contributed by atoms with Gasteiger partial charge >= 0.3 is 0 Å². The average molecular weight is 448 g/mol. The van der Waals surface area contributed by atoms with E-state index in [0.717, 1.165) is 17.1 Å². The van der Waals surface area contributed by atoms with Crippen molar-refractivity contribution in [1.82, 2.24) is 25.1 Å². The van der Waals surface area contributed by atoms with Gasteiger partial charge in [-0.2, -0.15) is 9.29 Å². The number of carbonyl (C=O) groups is 2. The van der Waals surface area contributed by atoms with Crippen molar-refractivity contribution >= 4 is 21.8 Å². The molecule has 1 atom stereocenters. The maximum atomic E-state index is 12.9. The smallest absolute Gasteiger partial charge is 0.251 e. The monoisotopic (exact) mass is 447 g/mol. The lowest BCUT2D eigenvalue weighted by molar-refractivity contribution is -0.122. The van der Waals surface area contributed by atoms with Crippen LogP contribution in [-0.2, 0) is 14.8 Å². The molecule has 2 N–H and O–H groups in total. The SMILES string of the molecule is CC(C)C(NC(=O)c1cccc(S(=O)(=O)N2CCNC(=O)C2)c1)c1nc(C2CC2)no1. The van der Waals surface area contributed by atoms with Gasteiger partial charge in [0.05, 0.1) is 11.4 Å². The minimum absolute atomic E-state index is 0.0183. The van der Waals surface area contributed by atoms with Gasteiger partial charge < -0.3 is 15.2 Å². The van der Waals surface area contributed by atoms with Crippen molar-refractivity contribution in [1.29, 1.82) is 0 Å². The molecule has 2 heterocycles. The van der Waals surface area contributed by atoms with Crippen LogP contribution in [0.15, 0.2) is 33.7 Å². The Morgan fingerprint density at radius 3 is 2.77 bits per heavy atom. The summed E-state index contributed by atoms with van der Waals surface area (Å²) in [5, 5.41) is 9.49. The van der Waals surface area contributed by atoms with Gasteiger partial charge in [0.2, 0.25) is 21.8 Å². The van der Waals surface area contributed by atoms with Crippen LogP contribution >= 0.6 is 0 Å². The second kappa shape index (κ2) is 8.39. The molecule has 2 amide bonds. The van der Waals surface area contributed by atoms with E-state index < -0.39 is 22.0 Å². The second-order valence-corrected chi connectivity index (χ2v) is 10.1. The van der Waals surface area contributed by atoms with E-state index in [-0.39, 0.29) is 41.9 Å². The van der Waals surface area contributed by atoms with E-state index in [2.05, 4.69) is 20.8 Å². The summed E-state index contributed by atoms with van der Waals surface area (Å²) in [6, 6.07) is 5.28. The first-order chi connectivity index (χ1) is 14.8. The third-order valence-corrected chi connectivity index (χ3v) is 7.20. The number of nitrogens with one attached hydrogen (secondary N) is 2. The number of hydrogen-bond acceptors (Lipinski definition) is 7. The summed E-state index contributed by atoms with van der Waals surface area (Å²) in [6.07, 6.45) is 2.08. The van der Waals surface area contributed by atoms with Crippen LogP contribution in [0.25, 0.3) is 0 Å². The molecule has 166 valence electrons. The zero-order valence-electron chi connectivity index (χ0n) is 17.4. The molecule has 1 saturated heterocycles. The Labute approximate surface area is 180 Å². The Morgan fingerprint density at radius 2 is 2.10 bits per heavy atom. The van der Waals surface area contributed by atoms with Gasteiger partial charge in [0.15, 0.2) is 5.82 Å². The fourth-order valence-electron chi connectivity index (χ4n) is 3.39. The van der Waals surface area contributed by atoms with Crippen molar-refractivity contribution in [3.8, 4) is 0 Å². The zero-order valence-corrected chi connectivity index (χ0v) is 18.2. The molecular formula is C20H25N5O5S. The number of piperazine rings is 1. The van der Waals surface area contributed by atoms with Gasteiger partial charge in [0.25, 0.3) is 5.91 Å². The van der Waals surface area contributed by atoms with Crippen LogP contribution in [0.1, 0.15) is 60.7 Å². The predicted octanol–water partition coefficient (Wildman–Crippen LogP) is 1.19. The lowest BCUT2D eigenvalue weighted by Crippen LogP contribution is -2.49. The number of nitrogens with zero attached hydrogens (tertiary/aromatic N) is 3. The molecule has 2 fully saturated rings. The number of rotatable bonds is 7. The van der Waals surface area contributed by atoms with E-state index >= 15 is 0 Å². The second-order valence-electron chi connectivity index (χ2n) is 8.18. The quantitative estimate of drug-likeness (QED) is 0.651. The van der Waals surface area contributed by atoms with E-state index in [9.17, 15) is 18.0 Å². The molecule has 1 aromatic carbocycles. The summed E-state index contributed by atoms with van der Waals surface area (Å²) >= 11 is 0. The highest BCUT2D eigenvalue weighted by atomic mass is 32.2. The standard InChI is InChI=1S/C20H25N5O5S/c1-12(2)17(20-23-18(24-30-20)13-6-7-13)22-19(27)14-4-3-5-15(10-14)31(28,29)25-9-8-21-16(26)11-25/h3-5,10,12-13,17H,6-9,11H2,1-2H3,(H,21,26)(H,22,27). The van der Waals surface area contributed by atoms with Crippen molar-refractivity contribution in [2.75, 3.05) is 19.6 Å². The first kappa shape index (κ1) is 21.4. The molecule has 2 aromatic rings. The van der Waals surface area contributed by atoms with Gasteiger partial charge in [-0.05, 0) is 37.0 Å². The van der Waals surface area contributed by atoms with E-state index in [1.807, 2.05) is 13.8 Å². The maximum absolute atomic E-state index is 12.9. The number of carbonyl (C=O) groups excluding carboxylic acids is 2. The Bertz CT molecular complexity index is 1090. The normalized spacial score (nSPS) is 18.6. The highest BCUT2D eigenvalue weighted by Gasteiger charge is 2.32. The third-order valence-electron chi connectivity index (χ3n) is 5.36. The maximum Gasteiger partial charge on any atom is 0.251 e. The summed E-state index contributed by atoms with van der Waals surface area (Å²) in [5.41, 5.74) is 0.190. The lowest BCUT2D eigenvalue weighted by Gasteiger charge is -2.26. The Morgan fingerprint density at radius 1 is 1.32 bits per heavy atom. The highest BCUT2D eigenvalue weighted by Crippen LogP contribution is 2.38. The van der Waals surface area contributed by atoms with Gasteiger partial charge in [0.1, 0.15) is 6.04 Å². The lowest BCUT2D eigenvalue weighted by atomic mass is 10.0. The third kappa shape index (κ3) is 4.62. The fraction of sp³-hybridized carbons (Fsp3) is 0.500. The van der Waals surface area contributed by atoms with Crippen LogP contribution in [0.3, 0.4) is 0 Å². The average Bonchev–Trinajstić information content (AvgIpc) is 3.49. The van der Waals surface area contributed by atoms with Crippen molar-refractivity contribution in [2.45, 2.75) is 43.5 Å². The number of sulfonamides is 1. The summed E-state index contributed by atoms with van der Waals surface area (Å²) in [4.78, 5) is 28.9. The van der Waals surface area contributed by atoms with E-state index in [0.29, 0.717) is 17.6 Å². The topological polar surface area (TPSA) is 134 Å². The first-order valence-electron chi connectivity index (χ1n) is 10.3. The molecule has 1 aliphatic carbocycles. The molecule has 11 heteroatoms. The Balaban J connectivity index is 1.53. The number of amides is 2. The van der Waals surface area contributed by atoms with E-state index in [4.69, 9.17) is 4.52 Å². The molecule has 2 aliphatic rings. The van der Waals surface area contributed by atoms with Gasteiger partial charge in [-0.3, -0.25) is 9.59 Å². The van der Waals surface area contributed by atoms with Crippen LogP contribution in [-0.4, -0.2) is 54.3 Å². The highest BCUT2D eigenvalue weighted by molar-refractivity contribution is 7.89. The van der Waals surface area contributed by atoms with E-state index in [1.54, 1.807) is 0 Å². The Hall–Kier alpha value is -2.79. The number of aromatic nitrogens is 2. The van der Waals surface area contributed by atoms with Crippen LogP contribution in [0.2, 0.25) is 0 Å². The minimum Gasteiger partial charge on any atom is -0.354 e. The summed E-state index contributed by atoms with van der Waals surface area (Å²) < 4.78 is 32.3. The van der Waals surface area contributed by atoms with Crippen LogP contribution < -0.4 is 10.6 Å². The van der Waals surface area contributed by atoms with Crippen molar-refractivity contribution in [3.63, 3.8) is 0 Å². The number of benzene rings is 1. The molecular weight excluding hydrogens is 422 g/mol. The molecule has 4 rings (SSSR count). The molecule has 1 aromatic heterocycles. The number of hydrogen-bond donors (Lipinski definition) is 2. The van der Waals surface area contributed by atoms with Gasteiger partial charge in [-0.15, -0.1) is 0 Å². The molecule has 1 unspecified atom stereocenters. The zero-order chi connectivity index (χ0) is 22.2. The summed E-state index contributed by atoms with van der Waals surface area (Å²) in [6.45, 7) is 4.04. The predicted molar refractivity (Wildman–Crippen MR) is 110 cm³/mol.